The molecule has 0 saturated carbocycles. The van der Waals surface area contributed by atoms with Crippen molar-refractivity contribution >= 4 is 0 Å². The van der Waals surface area contributed by atoms with E-state index in [0.29, 0.717) is 25.3 Å². The Hall–Kier alpha value is -0.200. The topological polar surface area (TPSA) is 54.0 Å². The van der Waals surface area contributed by atoms with Gasteiger partial charge < -0.3 is 19.9 Å². The number of hydrogen-bond donors (Lipinski definition) is 2. The summed E-state index contributed by atoms with van der Waals surface area (Å²) in [5, 5.41) is 12.7. The second kappa shape index (κ2) is 9.66. The third-order valence-corrected chi connectivity index (χ3v) is 3.79. The quantitative estimate of drug-likeness (QED) is 0.582. The van der Waals surface area contributed by atoms with E-state index < -0.39 is 0 Å². The van der Waals surface area contributed by atoms with Crippen molar-refractivity contribution in [2.24, 2.45) is 0 Å². The maximum absolute atomic E-state index is 9.50. The number of rotatable bonds is 11. The molecule has 0 heterocycles. The highest BCUT2D eigenvalue weighted by Crippen LogP contribution is 2.17. The summed E-state index contributed by atoms with van der Waals surface area (Å²) in [6.45, 7) is 8.78. The molecule has 0 aromatic rings. The fourth-order valence-corrected chi connectivity index (χ4v) is 2.42. The molecule has 0 radical (unpaired) electrons. The molecule has 0 rings (SSSR count). The molecule has 0 aliphatic rings. The van der Waals surface area contributed by atoms with E-state index in [-0.39, 0.29) is 12.1 Å². The second-order valence-corrected chi connectivity index (χ2v) is 5.56. The molecule has 0 bridgehead atoms. The fraction of sp³-hybridized carbons (Fsp3) is 1.00. The summed E-state index contributed by atoms with van der Waals surface area (Å²) < 4.78 is 10.4. The fourth-order valence-electron chi connectivity index (χ4n) is 2.42. The van der Waals surface area contributed by atoms with Gasteiger partial charge >= 0.3 is 0 Å². The second-order valence-electron chi connectivity index (χ2n) is 5.56. The van der Waals surface area contributed by atoms with Crippen LogP contribution in [0.3, 0.4) is 0 Å². The van der Waals surface area contributed by atoms with Gasteiger partial charge in [-0.25, -0.2) is 0 Å². The standard InChI is InChI=1S/C14H32N2O3/c1-12(9-14(3,11-17)15-4)16(7-8-18-5)13(2)10-19-6/h12-13,15,17H,7-11H2,1-6H3. The van der Waals surface area contributed by atoms with Crippen LogP contribution < -0.4 is 5.32 Å². The first-order valence-corrected chi connectivity index (χ1v) is 6.97. The Bertz CT molecular complexity index is 223. The Morgan fingerprint density at radius 3 is 2.26 bits per heavy atom. The molecule has 0 aromatic heterocycles. The minimum Gasteiger partial charge on any atom is -0.394 e. The van der Waals surface area contributed by atoms with Gasteiger partial charge in [-0.1, -0.05) is 0 Å². The third-order valence-electron chi connectivity index (χ3n) is 3.79. The number of nitrogens with zero attached hydrogens (tertiary/aromatic N) is 1. The van der Waals surface area contributed by atoms with Crippen LogP contribution in [0.2, 0.25) is 0 Å². The number of aliphatic hydroxyl groups is 1. The Morgan fingerprint density at radius 2 is 1.84 bits per heavy atom. The summed E-state index contributed by atoms with van der Waals surface area (Å²) >= 11 is 0. The lowest BCUT2D eigenvalue weighted by atomic mass is 9.93. The molecule has 0 aliphatic carbocycles. The molecule has 0 saturated heterocycles. The van der Waals surface area contributed by atoms with E-state index >= 15 is 0 Å². The highest BCUT2D eigenvalue weighted by molar-refractivity contribution is 4.87. The van der Waals surface area contributed by atoms with E-state index in [9.17, 15) is 5.11 Å². The largest absolute Gasteiger partial charge is 0.394 e. The van der Waals surface area contributed by atoms with Crippen molar-refractivity contribution in [1.29, 1.82) is 0 Å². The molecular formula is C14H32N2O3. The van der Waals surface area contributed by atoms with E-state index in [1.807, 2.05) is 14.0 Å². The molecule has 0 amide bonds. The van der Waals surface area contributed by atoms with Crippen LogP contribution in [0, 0.1) is 0 Å². The van der Waals surface area contributed by atoms with Crippen molar-refractivity contribution < 1.29 is 14.6 Å². The zero-order chi connectivity index (χ0) is 14.9. The zero-order valence-electron chi connectivity index (χ0n) is 13.4. The average molecular weight is 276 g/mol. The van der Waals surface area contributed by atoms with Gasteiger partial charge in [-0.2, -0.15) is 0 Å². The molecule has 0 aromatic carbocycles. The molecule has 0 spiro atoms. The van der Waals surface area contributed by atoms with Gasteiger partial charge in [-0.05, 0) is 34.2 Å². The summed E-state index contributed by atoms with van der Waals surface area (Å²) in [5.41, 5.74) is -0.252. The van der Waals surface area contributed by atoms with Crippen molar-refractivity contribution in [3.05, 3.63) is 0 Å². The monoisotopic (exact) mass is 276 g/mol. The lowest BCUT2D eigenvalue weighted by Gasteiger charge is -2.39. The van der Waals surface area contributed by atoms with Crippen LogP contribution in [0.15, 0.2) is 0 Å². The number of methoxy groups -OCH3 is 2. The maximum Gasteiger partial charge on any atom is 0.0615 e. The number of ether oxygens (including phenoxy) is 2. The maximum atomic E-state index is 9.50. The van der Waals surface area contributed by atoms with E-state index in [4.69, 9.17) is 9.47 Å². The van der Waals surface area contributed by atoms with E-state index in [2.05, 4.69) is 24.1 Å². The first kappa shape index (κ1) is 18.8. The number of aliphatic hydroxyl groups excluding tert-OH is 1. The molecule has 0 aliphatic heterocycles. The summed E-state index contributed by atoms with van der Waals surface area (Å²) in [6, 6.07) is 0.667. The predicted molar refractivity (Wildman–Crippen MR) is 78.5 cm³/mol. The van der Waals surface area contributed by atoms with E-state index in [0.717, 1.165) is 13.0 Å². The van der Waals surface area contributed by atoms with Crippen molar-refractivity contribution in [1.82, 2.24) is 10.2 Å². The van der Waals surface area contributed by atoms with Gasteiger partial charge in [0, 0.05) is 38.4 Å². The van der Waals surface area contributed by atoms with Crippen LogP contribution in [-0.4, -0.2) is 75.3 Å². The normalized spacial score (nSPS) is 18.3. The van der Waals surface area contributed by atoms with Crippen LogP contribution in [0.5, 0.6) is 0 Å². The Balaban J connectivity index is 4.64. The Labute approximate surface area is 118 Å². The molecule has 19 heavy (non-hydrogen) atoms. The zero-order valence-corrected chi connectivity index (χ0v) is 13.4. The molecule has 0 fully saturated rings. The van der Waals surface area contributed by atoms with E-state index in [1.165, 1.54) is 0 Å². The first-order chi connectivity index (χ1) is 8.94. The van der Waals surface area contributed by atoms with Gasteiger partial charge in [0.05, 0.1) is 19.8 Å². The number of nitrogens with one attached hydrogen (secondary N) is 1. The molecule has 116 valence electrons. The summed E-state index contributed by atoms with van der Waals surface area (Å²) in [4.78, 5) is 2.37. The average Bonchev–Trinajstić information content (AvgIpc) is 2.39. The summed E-state index contributed by atoms with van der Waals surface area (Å²) in [5.74, 6) is 0. The van der Waals surface area contributed by atoms with Gasteiger partial charge in [0.15, 0.2) is 0 Å². The predicted octanol–water partition coefficient (Wildman–Crippen LogP) is 0.719. The Morgan fingerprint density at radius 1 is 1.21 bits per heavy atom. The molecular weight excluding hydrogens is 244 g/mol. The highest BCUT2D eigenvalue weighted by atomic mass is 16.5. The van der Waals surface area contributed by atoms with E-state index in [1.54, 1.807) is 14.2 Å². The van der Waals surface area contributed by atoms with Crippen LogP contribution in [0.25, 0.3) is 0 Å². The lowest BCUT2D eigenvalue weighted by Crippen LogP contribution is -2.52. The van der Waals surface area contributed by atoms with Crippen LogP contribution in [-0.2, 0) is 9.47 Å². The molecule has 3 atom stereocenters. The first-order valence-electron chi connectivity index (χ1n) is 6.97. The van der Waals surface area contributed by atoms with Gasteiger partial charge in [-0.15, -0.1) is 0 Å². The smallest absolute Gasteiger partial charge is 0.0615 e. The molecule has 2 N–H and O–H groups in total. The van der Waals surface area contributed by atoms with Gasteiger partial charge in [0.2, 0.25) is 0 Å². The SMILES string of the molecule is CNC(C)(CO)CC(C)N(CCOC)C(C)COC. The minimum absolute atomic E-state index is 0.130. The summed E-state index contributed by atoms with van der Waals surface area (Å²) in [6.07, 6.45) is 0.873. The number of likely N-dealkylation sites (N-methyl/N-ethyl adjacent to an activating group) is 1. The lowest BCUT2D eigenvalue weighted by molar-refractivity contribution is 0.0355. The molecule has 3 unspecified atom stereocenters. The molecule has 5 nitrogen and oxygen atoms in total. The van der Waals surface area contributed by atoms with Gasteiger partial charge in [0.1, 0.15) is 0 Å². The van der Waals surface area contributed by atoms with Gasteiger partial charge in [-0.3, -0.25) is 4.90 Å². The van der Waals surface area contributed by atoms with Crippen LogP contribution >= 0.6 is 0 Å². The number of hydrogen-bond acceptors (Lipinski definition) is 5. The third kappa shape index (κ3) is 6.68. The van der Waals surface area contributed by atoms with Crippen molar-refractivity contribution in [2.45, 2.75) is 44.8 Å². The summed E-state index contributed by atoms with van der Waals surface area (Å²) in [7, 11) is 5.33. The van der Waals surface area contributed by atoms with Crippen LogP contribution in [0.1, 0.15) is 27.2 Å². The van der Waals surface area contributed by atoms with Crippen molar-refractivity contribution in [2.75, 3.05) is 47.6 Å². The van der Waals surface area contributed by atoms with Crippen LogP contribution in [0.4, 0.5) is 0 Å². The highest BCUT2D eigenvalue weighted by Gasteiger charge is 2.28. The van der Waals surface area contributed by atoms with Crippen molar-refractivity contribution in [3.8, 4) is 0 Å². The molecule has 5 heteroatoms. The van der Waals surface area contributed by atoms with Gasteiger partial charge in [0.25, 0.3) is 0 Å². The van der Waals surface area contributed by atoms with Crippen molar-refractivity contribution in [3.63, 3.8) is 0 Å². The Kier molecular flexibility index (Phi) is 9.56. The minimum atomic E-state index is -0.252.